The van der Waals surface area contributed by atoms with Crippen LogP contribution in [0.25, 0.3) is 0 Å². The summed E-state index contributed by atoms with van der Waals surface area (Å²) in [5, 5.41) is 16.2. The second-order valence-corrected chi connectivity index (χ2v) is 13.9. The molecule has 3 aromatic rings. The number of carbonyl (C=O) groups is 3. The molecule has 0 unspecified atom stereocenters. The van der Waals surface area contributed by atoms with E-state index in [1.165, 1.54) is 12.1 Å². The van der Waals surface area contributed by atoms with E-state index in [0.29, 0.717) is 54.5 Å². The smallest absolute Gasteiger partial charge is 0.322 e. The predicted molar refractivity (Wildman–Crippen MR) is 180 cm³/mol. The molecule has 9 nitrogen and oxygen atoms in total. The van der Waals surface area contributed by atoms with Gasteiger partial charge in [0, 0.05) is 50.9 Å². The number of anilines is 1. The number of hydrogen-bond donors (Lipinski definition) is 3. The van der Waals surface area contributed by atoms with Gasteiger partial charge >= 0.3 is 12.1 Å². The first-order valence-electron chi connectivity index (χ1n) is 15.6. The highest BCUT2D eigenvalue weighted by molar-refractivity contribution is 9.11. The lowest BCUT2D eigenvalue weighted by molar-refractivity contribution is -0.134. The first-order valence-corrected chi connectivity index (χ1v) is 17.2. The number of nitrogens with one attached hydrogen (secondary N) is 2. The Labute approximate surface area is 284 Å². The van der Waals surface area contributed by atoms with Gasteiger partial charge in [-0.2, -0.15) is 0 Å². The van der Waals surface area contributed by atoms with Gasteiger partial charge in [0.05, 0.1) is 8.95 Å². The third-order valence-corrected chi connectivity index (χ3v) is 10.5. The van der Waals surface area contributed by atoms with Gasteiger partial charge in [0.1, 0.15) is 17.6 Å². The minimum Gasteiger partial charge on any atom is -0.506 e. The maximum absolute atomic E-state index is 14.0. The van der Waals surface area contributed by atoms with E-state index in [2.05, 4.69) is 42.5 Å². The normalized spacial score (nSPS) is 18.2. The quantitative estimate of drug-likeness (QED) is 0.264. The summed E-state index contributed by atoms with van der Waals surface area (Å²) in [4.78, 5) is 45.8. The van der Waals surface area contributed by atoms with Crippen molar-refractivity contribution in [3.05, 3.63) is 92.1 Å². The second-order valence-electron chi connectivity index (χ2n) is 12.2. The van der Waals surface area contributed by atoms with Crippen LogP contribution in [-0.4, -0.2) is 76.0 Å². The van der Waals surface area contributed by atoms with E-state index in [9.17, 15) is 23.9 Å². The molecule has 0 aromatic heterocycles. The molecule has 242 valence electrons. The molecule has 46 heavy (non-hydrogen) atoms. The number of hydrogen-bond acceptors (Lipinski definition) is 4. The van der Waals surface area contributed by atoms with Crippen LogP contribution in [0.4, 0.5) is 19.7 Å². The SMILES string of the molecule is O=C(N[C@H](Cc1cc(Br)c(O)c(Br)c1)C(=O)N1CCC(c2ccc(F)cc2)CC1)N1CCC(N2Cc3ccccc3NC2=O)CC1. The Morgan fingerprint density at radius 1 is 0.935 bits per heavy atom. The average Bonchev–Trinajstić information content (AvgIpc) is 3.06. The molecule has 0 spiro atoms. The summed E-state index contributed by atoms with van der Waals surface area (Å²) in [6.45, 7) is 2.51. The topological polar surface area (TPSA) is 105 Å². The molecule has 5 amide bonds. The van der Waals surface area contributed by atoms with Crippen molar-refractivity contribution in [2.75, 3.05) is 31.5 Å². The highest BCUT2D eigenvalue weighted by atomic mass is 79.9. The third-order valence-electron chi connectivity index (χ3n) is 9.31. The van der Waals surface area contributed by atoms with Crippen molar-refractivity contribution < 1.29 is 23.9 Å². The van der Waals surface area contributed by atoms with E-state index >= 15 is 0 Å². The largest absolute Gasteiger partial charge is 0.506 e. The maximum Gasteiger partial charge on any atom is 0.322 e. The Morgan fingerprint density at radius 3 is 2.24 bits per heavy atom. The zero-order valence-electron chi connectivity index (χ0n) is 25.2. The minimum atomic E-state index is -0.819. The Balaban J connectivity index is 1.11. The van der Waals surface area contributed by atoms with Gasteiger partial charge in [0.15, 0.2) is 0 Å². The lowest BCUT2D eigenvalue weighted by atomic mass is 9.89. The number of amides is 5. The van der Waals surface area contributed by atoms with E-state index in [1.54, 1.807) is 34.1 Å². The highest BCUT2D eigenvalue weighted by Gasteiger charge is 2.35. The zero-order valence-corrected chi connectivity index (χ0v) is 28.4. The Kier molecular flexibility index (Phi) is 9.84. The molecular formula is C34H36Br2FN5O4. The van der Waals surface area contributed by atoms with Gasteiger partial charge in [-0.15, -0.1) is 0 Å². The molecule has 0 bridgehead atoms. The second kappa shape index (κ2) is 14.0. The van der Waals surface area contributed by atoms with Crippen LogP contribution in [0.2, 0.25) is 0 Å². The number of benzene rings is 3. The highest BCUT2D eigenvalue weighted by Crippen LogP contribution is 2.34. The van der Waals surface area contributed by atoms with Crippen molar-refractivity contribution in [3.63, 3.8) is 0 Å². The Bertz CT molecular complexity index is 1580. The summed E-state index contributed by atoms with van der Waals surface area (Å²) < 4.78 is 14.4. The Hall–Kier alpha value is -3.64. The van der Waals surface area contributed by atoms with Gasteiger partial charge < -0.3 is 30.4 Å². The van der Waals surface area contributed by atoms with Crippen LogP contribution in [0.15, 0.2) is 69.6 Å². The molecule has 0 aliphatic carbocycles. The molecule has 3 N–H and O–H groups in total. The third kappa shape index (κ3) is 7.17. The number of fused-ring (bicyclic) bond motifs is 1. The van der Waals surface area contributed by atoms with Crippen LogP contribution in [0, 0.1) is 5.82 Å². The van der Waals surface area contributed by atoms with Gasteiger partial charge in [0.2, 0.25) is 5.91 Å². The fraction of sp³-hybridized carbons (Fsp3) is 0.382. The van der Waals surface area contributed by atoms with E-state index < -0.39 is 6.04 Å². The number of phenols is 1. The standard InChI is InChI=1S/C34H36Br2FN5O4/c35-27-17-21(18-28(36)31(27)43)19-30(32(44)40-13-9-23(10-14-40)22-5-7-25(37)8-6-22)39-33(45)41-15-11-26(12-16-41)42-20-24-3-1-2-4-29(24)38-34(42)46/h1-8,17-18,23,26,30,43H,9-16,19-20H2,(H,38,46)(H,39,45)/t30-/m1/s1. The number of para-hydroxylation sites is 1. The summed E-state index contributed by atoms with van der Waals surface area (Å²) in [5.41, 5.74) is 3.74. The average molecular weight is 757 g/mol. The van der Waals surface area contributed by atoms with Crippen molar-refractivity contribution in [1.29, 1.82) is 0 Å². The molecule has 3 aliphatic rings. The van der Waals surface area contributed by atoms with Crippen LogP contribution in [0.5, 0.6) is 5.75 Å². The number of phenolic OH excluding ortho intramolecular Hbond substituents is 1. The van der Waals surface area contributed by atoms with Crippen molar-refractivity contribution in [2.24, 2.45) is 0 Å². The molecule has 12 heteroatoms. The van der Waals surface area contributed by atoms with Crippen LogP contribution in [-0.2, 0) is 17.8 Å². The molecule has 3 aromatic carbocycles. The van der Waals surface area contributed by atoms with Crippen molar-refractivity contribution in [1.82, 2.24) is 20.0 Å². The van der Waals surface area contributed by atoms with Gasteiger partial charge in [-0.05, 0) is 110 Å². The molecule has 0 radical (unpaired) electrons. The van der Waals surface area contributed by atoms with Crippen molar-refractivity contribution >= 4 is 55.5 Å². The van der Waals surface area contributed by atoms with Gasteiger partial charge in [-0.25, -0.2) is 14.0 Å². The molecule has 2 fully saturated rings. The maximum atomic E-state index is 14.0. The van der Waals surface area contributed by atoms with Gasteiger partial charge in [-0.1, -0.05) is 30.3 Å². The summed E-state index contributed by atoms with van der Waals surface area (Å²) in [6.07, 6.45) is 3.00. The van der Waals surface area contributed by atoms with Crippen LogP contribution in [0.3, 0.4) is 0 Å². The number of nitrogens with zero attached hydrogens (tertiary/aromatic N) is 3. The van der Waals surface area contributed by atoms with Crippen LogP contribution >= 0.6 is 31.9 Å². The number of halogens is 3. The molecule has 0 saturated carbocycles. The first-order chi connectivity index (χ1) is 22.2. The summed E-state index contributed by atoms with van der Waals surface area (Å²) in [6, 6.07) is 16.6. The molecule has 6 rings (SSSR count). The summed E-state index contributed by atoms with van der Waals surface area (Å²) in [7, 11) is 0. The molecule has 1 atom stereocenters. The number of aromatic hydroxyl groups is 1. The summed E-state index contributed by atoms with van der Waals surface area (Å²) >= 11 is 6.74. The van der Waals surface area contributed by atoms with E-state index in [4.69, 9.17) is 0 Å². The van der Waals surface area contributed by atoms with Gasteiger partial charge in [0.25, 0.3) is 0 Å². The van der Waals surface area contributed by atoms with Gasteiger partial charge in [-0.3, -0.25) is 4.79 Å². The number of likely N-dealkylation sites (tertiary alicyclic amines) is 2. The number of rotatable bonds is 6. The van der Waals surface area contributed by atoms with Crippen LogP contribution in [0.1, 0.15) is 48.3 Å². The minimum absolute atomic E-state index is 0.00364. The monoisotopic (exact) mass is 755 g/mol. The van der Waals surface area contributed by atoms with Crippen molar-refractivity contribution in [2.45, 2.75) is 56.7 Å². The number of piperidine rings is 2. The number of carbonyl (C=O) groups excluding carboxylic acids is 3. The summed E-state index contributed by atoms with van der Waals surface area (Å²) in [5.74, 6) is -0.134. The van der Waals surface area contributed by atoms with E-state index in [1.807, 2.05) is 29.2 Å². The fourth-order valence-corrected chi connectivity index (χ4v) is 7.98. The first kappa shape index (κ1) is 32.3. The lowest BCUT2D eigenvalue weighted by Gasteiger charge is -2.41. The Morgan fingerprint density at radius 2 is 1.57 bits per heavy atom. The van der Waals surface area contributed by atoms with Crippen LogP contribution < -0.4 is 10.6 Å². The zero-order chi connectivity index (χ0) is 32.4. The predicted octanol–water partition coefficient (Wildman–Crippen LogP) is 6.60. The molecular weight excluding hydrogens is 721 g/mol. The number of urea groups is 2. The molecule has 3 heterocycles. The van der Waals surface area contributed by atoms with E-state index in [0.717, 1.165) is 35.2 Å². The molecule has 2 saturated heterocycles. The van der Waals surface area contributed by atoms with E-state index in [-0.39, 0.29) is 47.9 Å². The van der Waals surface area contributed by atoms with Crippen molar-refractivity contribution in [3.8, 4) is 5.75 Å². The molecule has 3 aliphatic heterocycles. The lowest BCUT2D eigenvalue weighted by Crippen LogP contribution is -2.57. The fourth-order valence-electron chi connectivity index (χ4n) is 6.70.